The van der Waals surface area contributed by atoms with Crippen molar-refractivity contribution in [3.63, 3.8) is 0 Å². The van der Waals surface area contributed by atoms with Crippen molar-refractivity contribution >= 4 is 27.9 Å². The molecule has 4 heterocycles. The average molecular weight is 428 g/mol. The van der Waals surface area contributed by atoms with Gasteiger partial charge in [-0.25, -0.2) is 4.98 Å². The molecule has 2 aliphatic heterocycles. The van der Waals surface area contributed by atoms with Crippen molar-refractivity contribution in [2.24, 2.45) is 0 Å². The van der Waals surface area contributed by atoms with Crippen LogP contribution in [0.3, 0.4) is 0 Å². The minimum atomic E-state index is -0.863. The quantitative estimate of drug-likeness (QED) is 0.578. The number of thiazole rings is 1. The van der Waals surface area contributed by atoms with Gasteiger partial charge in [0.25, 0.3) is 0 Å². The van der Waals surface area contributed by atoms with E-state index >= 15 is 0 Å². The lowest BCUT2D eigenvalue weighted by molar-refractivity contribution is -0.210. The maximum absolute atomic E-state index is 13.2. The Kier molecular flexibility index (Phi) is 4.60. The van der Waals surface area contributed by atoms with Gasteiger partial charge in [-0.05, 0) is 13.8 Å². The first-order chi connectivity index (χ1) is 14.4. The second kappa shape index (κ2) is 7.07. The van der Waals surface area contributed by atoms with Crippen LogP contribution in [0.5, 0.6) is 0 Å². The van der Waals surface area contributed by atoms with E-state index in [9.17, 15) is 9.59 Å². The zero-order chi connectivity index (χ0) is 21.0. The molecule has 3 aromatic rings. The number of carbonyl (C=O) groups excluding carboxylic acids is 2. The highest BCUT2D eigenvalue weighted by molar-refractivity contribution is 7.19. The zero-order valence-electron chi connectivity index (χ0n) is 16.6. The molecule has 0 amide bonds. The highest BCUT2D eigenvalue weighted by Gasteiger charge is 2.57. The van der Waals surface area contributed by atoms with E-state index in [2.05, 4.69) is 4.98 Å². The molecule has 0 aliphatic carbocycles. The number of imidazole rings is 1. The number of rotatable bonds is 5. The lowest BCUT2D eigenvalue weighted by Crippen LogP contribution is -2.39. The standard InChI is InChI=1S/C21H20N2O6S/c1-21(2)28-18-17(26-3)16(27-19(18)29-21)15(25)13-10-23-12(9-22-20(23)30-13)14(24)11-7-5-4-6-8-11/h4-10,16-19H,1-3H3/t16-,17+,18-,19-/m1/s1. The lowest BCUT2D eigenvalue weighted by Gasteiger charge is -2.23. The topological polar surface area (TPSA) is 88.4 Å². The molecule has 0 radical (unpaired) electrons. The van der Waals surface area contributed by atoms with Gasteiger partial charge >= 0.3 is 0 Å². The molecule has 0 unspecified atom stereocenters. The summed E-state index contributed by atoms with van der Waals surface area (Å²) in [5, 5.41) is 0. The monoisotopic (exact) mass is 428 g/mol. The number of fused-ring (bicyclic) bond motifs is 2. The molecule has 4 atom stereocenters. The molecular weight excluding hydrogens is 408 g/mol. The van der Waals surface area contributed by atoms with Crippen LogP contribution in [0.25, 0.3) is 4.96 Å². The van der Waals surface area contributed by atoms with Crippen molar-refractivity contribution in [1.82, 2.24) is 9.38 Å². The number of hydrogen-bond donors (Lipinski definition) is 0. The van der Waals surface area contributed by atoms with Crippen LogP contribution in [0.1, 0.15) is 39.6 Å². The van der Waals surface area contributed by atoms with Crippen molar-refractivity contribution < 1.29 is 28.5 Å². The SMILES string of the molecule is CO[C@@H]1[C@H]2OC(C)(C)O[C@H]2O[C@@H]1C(=O)c1cn2c(C(=O)c3ccccc3)cnc2s1. The number of nitrogens with zero attached hydrogens (tertiary/aromatic N) is 2. The van der Waals surface area contributed by atoms with Crippen LogP contribution < -0.4 is 0 Å². The van der Waals surface area contributed by atoms with E-state index in [1.807, 2.05) is 6.07 Å². The number of ether oxygens (including phenoxy) is 4. The Morgan fingerprint density at radius 3 is 2.70 bits per heavy atom. The van der Waals surface area contributed by atoms with E-state index in [0.29, 0.717) is 21.1 Å². The fourth-order valence-electron chi connectivity index (χ4n) is 3.89. The van der Waals surface area contributed by atoms with Gasteiger partial charge in [0.1, 0.15) is 17.9 Å². The molecule has 0 spiro atoms. The number of hydrogen-bond acceptors (Lipinski definition) is 8. The Morgan fingerprint density at radius 2 is 1.97 bits per heavy atom. The van der Waals surface area contributed by atoms with Gasteiger partial charge < -0.3 is 18.9 Å². The number of aromatic nitrogens is 2. The molecule has 8 nitrogen and oxygen atoms in total. The summed E-state index contributed by atoms with van der Waals surface area (Å²) in [6, 6.07) is 8.95. The fourth-order valence-corrected chi connectivity index (χ4v) is 4.82. The average Bonchev–Trinajstić information content (AvgIpc) is 3.45. The van der Waals surface area contributed by atoms with Crippen LogP contribution in [0, 0.1) is 0 Å². The van der Waals surface area contributed by atoms with Crippen molar-refractivity contribution in [2.45, 2.75) is 44.2 Å². The second-order valence-corrected chi connectivity index (χ2v) is 8.69. The third-order valence-electron chi connectivity index (χ3n) is 5.24. The second-order valence-electron chi connectivity index (χ2n) is 7.68. The first-order valence-electron chi connectivity index (χ1n) is 9.53. The highest BCUT2D eigenvalue weighted by atomic mass is 32.1. The number of carbonyl (C=O) groups is 2. The maximum atomic E-state index is 13.2. The fraction of sp³-hybridized carbons (Fsp3) is 0.381. The van der Waals surface area contributed by atoms with Gasteiger partial charge in [0, 0.05) is 18.9 Å². The minimum absolute atomic E-state index is 0.162. The Labute approximate surface area is 176 Å². The summed E-state index contributed by atoms with van der Waals surface area (Å²) in [6.07, 6.45) is 0.535. The third kappa shape index (κ3) is 3.10. The molecule has 1 aromatic carbocycles. The molecular formula is C21H20N2O6S. The van der Waals surface area contributed by atoms with E-state index in [0.717, 1.165) is 0 Å². The van der Waals surface area contributed by atoms with E-state index in [1.165, 1.54) is 24.6 Å². The predicted octanol–water partition coefficient (Wildman–Crippen LogP) is 2.70. The van der Waals surface area contributed by atoms with Gasteiger partial charge in [-0.3, -0.25) is 14.0 Å². The molecule has 2 aliphatic rings. The summed E-state index contributed by atoms with van der Waals surface area (Å²) in [5.41, 5.74) is 0.953. The first kappa shape index (κ1) is 19.5. The molecule has 2 saturated heterocycles. The highest BCUT2D eigenvalue weighted by Crippen LogP contribution is 2.39. The van der Waals surface area contributed by atoms with Gasteiger partial charge in [0.05, 0.1) is 11.1 Å². The third-order valence-corrected chi connectivity index (χ3v) is 6.25. The van der Waals surface area contributed by atoms with Crippen LogP contribution in [0.4, 0.5) is 0 Å². The molecule has 156 valence electrons. The predicted molar refractivity (Wildman–Crippen MR) is 107 cm³/mol. The molecule has 2 fully saturated rings. The molecule has 5 rings (SSSR count). The van der Waals surface area contributed by atoms with Crippen LogP contribution in [-0.4, -0.2) is 58.4 Å². The number of methoxy groups -OCH3 is 1. The van der Waals surface area contributed by atoms with Crippen molar-refractivity contribution in [3.8, 4) is 0 Å². The van der Waals surface area contributed by atoms with Gasteiger partial charge in [0.2, 0.25) is 11.6 Å². The Hall–Kier alpha value is -2.43. The minimum Gasteiger partial charge on any atom is -0.375 e. The van der Waals surface area contributed by atoms with Gasteiger partial charge in [-0.1, -0.05) is 41.7 Å². The molecule has 0 saturated carbocycles. The summed E-state index contributed by atoms with van der Waals surface area (Å²) in [5.74, 6) is -1.21. The molecule has 0 N–H and O–H groups in total. The smallest absolute Gasteiger partial charge is 0.211 e. The molecule has 9 heteroatoms. The van der Waals surface area contributed by atoms with Crippen LogP contribution in [0.2, 0.25) is 0 Å². The van der Waals surface area contributed by atoms with Gasteiger partial charge in [-0.2, -0.15) is 0 Å². The largest absolute Gasteiger partial charge is 0.375 e. The molecule has 0 bridgehead atoms. The Bertz CT molecular complexity index is 1120. The van der Waals surface area contributed by atoms with Crippen LogP contribution >= 0.6 is 11.3 Å². The summed E-state index contributed by atoms with van der Waals surface area (Å²) >= 11 is 1.20. The first-order valence-corrected chi connectivity index (χ1v) is 10.3. The van der Waals surface area contributed by atoms with E-state index in [1.54, 1.807) is 48.7 Å². The van der Waals surface area contributed by atoms with Crippen molar-refractivity contribution in [3.05, 3.63) is 58.9 Å². The van der Waals surface area contributed by atoms with E-state index < -0.39 is 30.4 Å². The lowest BCUT2D eigenvalue weighted by atomic mass is 10.1. The van der Waals surface area contributed by atoms with Crippen LogP contribution in [0.15, 0.2) is 42.7 Å². The number of Topliss-reactive ketones (excluding diaryl/α,β-unsaturated/α-hetero) is 1. The van der Waals surface area contributed by atoms with Gasteiger partial charge in [0.15, 0.2) is 23.1 Å². The molecule has 2 aromatic heterocycles. The number of ketones is 2. The van der Waals surface area contributed by atoms with Crippen molar-refractivity contribution in [1.29, 1.82) is 0 Å². The summed E-state index contributed by atoms with van der Waals surface area (Å²) in [7, 11) is 1.52. The van der Waals surface area contributed by atoms with Crippen molar-refractivity contribution in [2.75, 3.05) is 7.11 Å². The summed E-state index contributed by atoms with van der Waals surface area (Å²) in [4.78, 5) is 31.3. The van der Waals surface area contributed by atoms with E-state index in [-0.39, 0.29) is 11.6 Å². The van der Waals surface area contributed by atoms with E-state index in [4.69, 9.17) is 18.9 Å². The molecule has 30 heavy (non-hydrogen) atoms. The van der Waals surface area contributed by atoms with Crippen LogP contribution in [-0.2, 0) is 18.9 Å². The maximum Gasteiger partial charge on any atom is 0.211 e. The Balaban J connectivity index is 1.43. The summed E-state index contributed by atoms with van der Waals surface area (Å²) < 4.78 is 24.6. The zero-order valence-corrected chi connectivity index (χ0v) is 17.4. The Morgan fingerprint density at radius 1 is 1.20 bits per heavy atom. The number of benzene rings is 1. The summed E-state index contributed by atoms with van der Waals surface area (Å²) in [6.45, 7) is 3.58. The van der Waals surface area contributed by atoms with Gasteiger partial charge in [-0.15, -0.1) is 0 Å². The normalized spacial score (nSPS) is 27.4.